The van der Waals surface area contributed by atoms with Gasteiger partial charge in [-0.3, -0.25) is 4.79 Å². The Bertz CT molecular complexity index is 959. The van der Waals surface area contributed by atoms with Crippen molar-refractivity contribution in [2.75, 3.05) is 6.61 Å². The molecule has 0 fully saturated rings. The molecule has 0 aliphatic heterocycles. The van der Waals surface area contributed by atoms with Gasteiger partial charge in [0.05, 0.1) is 0 Å². The number of unbranched alkanes of at least 4 members (excludes halogenated alkanes) is 7. The van der Waals surface area contributed by atoms with Gasteiger partial charge in [-0.25, -0.2) is 0 Å². The largest absolute Gasteiger partial charge is 0.461 e. The smallest absolute Gasteiger partial charge is 0.306 e. The van der Waals surface area contributed by atoms with Crippen molar-refractivity contribution >= 4 is 5.97 Å². The molecular weight excluding hydrogens is 488 g/mol. The zero-order valence-corrected chi connectivity index (χ0v) is 26.6. The Morgan fingerprint density at radius 2 is 1.52 bits per heavy atom. The van der Waals surface area contributed by atoms with Gasteiger partial charge in [-0.1, -0.05) is 136 Å². The van der Waals surface area contributed by atoms with Gasteiger partial charge in [-0.05, 0) is 82.8 Å². The van der Waals surface area contributed by atoms with Crippen molar-refractivity contribution in [1.82, 2.24) is 0 Å². The Kier molecular flexibility index (Phi) is 19.6. The molecule has 0 radical (unpaired) electrons. The molecule has 0 aromatic heterocycles. The maximum absolute atomic E-state index is 12.0. The van der Waals surface area contributed by atoms with Crippen LogP contribution in [0, 0.1) is 5.41 Å². The lowest BCUT2D eigenvalue weighted by molar-refractivity contribution is -0.142. The lowest BCUT2D eigenvalue weighted by atomic mass is 9.72. The van der Waals surface area contributed by atoms with E-state index in [2.05, 4.69) is 101 Å². The number of ether oxygens (including phenoxy) is 1. The van der Waals surface area contributed by atoms with E-state index in [1.54, 1.807) is 0 Å². The standard InChI is InChI=1S/C38H58O2/c1-7-8-9-10-11-12-13-14-15-16-17-18-19-20-21-27-37(39)40-32-30-34(3)25-22-24-33(2)28-29-36-35(4)26-23-31-38(36,5)6/h10-15,22,24-25,28-30H,7-9,16-21,23,26-27,31-32H2,1-6H3/b11-10-,13-12+,15-14-,25-22+,29-28+,33-24-,34-30+. The summed E-state index contributed by atoms with van der Waals surface area (Å²) in [5.74, 6) is -0.0948. The van der Waals surface area contributed by atoms with E-state index in [0.29, 0.717) is 13.0 Å². The first-order valence-corrected chi connectivity index (χ1v) is 15.8. The highest BCUT2D eigenvalue weighted by Gasteiger charge is 2.26. The van der Waals surface area contributed by atoms with Crippen LogP contribution in [-0.2, 0) is 9.53 Å². The van der Waals surface area contributed by atoms with Gasteiger partial charge in [0.25, 0.3) is 0 Å². The van der Waals surface area contributed by atoms with Gasteiger partial charge < -0.3 is 4.74 Å². The van der Waals surface area contributed by atoms with E-state index in [1.807, 2.05) is 13.0 Å². The molecule has 0 unspecified atom stereocenters. The predicted octanol–water partition coefficient (Wildman–Crippen LogP) is 11.7. The molecule has 0 aromatic carbocycles. The molecule has 1 aliphatic carbocycles. The summed E-state index contributed by atoms with van der Waals surface area (Å²) in [5.41, 5.74) is 5.61. The fourth-order valence-corrected chi connectivity index (χ4v) is 4.90. The molecule has 0 amide bonds. The van der Waals surface area contributed by atoms with Crippen molar-refractivity contribution in [3.05, 3.63) is 95.2 Å². The fourth-order valence-electron chi connectivity index (χ4n) is 4.90. The quantitative estimate of drug-likeness (QED) is 0.0914. The second-order valence-corrected chi connectivity index (χ2v) is 11.9. The Balaban J connectivity index is 2.16. The molecule has 0 bridgehead atoms. The minimum absolute atomic E-state index is 0.0948. The third-order valence-corrected chi connectivity index (χ3v) is 7.50. The summed E-state index contributed by atoms with van der Waals surface area (Å²) in [6.45, 7) is 13.7. The highest BCUT2D eigenvalue weighted by Crippen LogP contribution is 2.40. The number of carbonyl (C=O) groups is 1. The minimum Gasteiger partial charge on any atom is -0.461 e. The van der Waals surface area contributed by atoms with Crippen LogP contribution in [0.1, 0.15) is 125 Å². The zero-order valence-electron chi connectivity index (χ0n) is 26.6. The molecule has 2 heteroatoms. The average molecular weight is 547 g/mol. The van der Waals surface area contributed by atoms with Gasteiger partial charge in [0.2, 0.25) is 0 Å². The number of carbonyl (C=O) groups excluding carboxylic acids is 1. The summed E-state index contributed by atoms with van der Waals surface area (Å²) in [6.07, 6.45) is 40.4. The molecule has 222 valence electrons. The molecule has 0 saturated heterocycles. The zero-order chi connectivity index (χ0) is 29.5. The van der Waals surface area contributed by atoms with E-state index < -0.39 is 0 Å². The van der Waals surface area contributed by atoms with E-state index >= 15 is 0 Å². The lowest BCUT2D eigenvalue weighted by Crippen LogP contribution is -2.19. The summed E-state index contributed by atoms with van der Waals surface area (Å²) in [5, 5.41) is 0. The summed E-state index contributed by atoms with van der Waals surface area (Å²) >= 11 is 0. The van der Waals surface area contributed by atoms with Crippen molar-refractivity contribution < 1.29 is 9.53 Å². The first-order valence-electron chi connectivity index (χ1n) is 15.8. The van der Waals surface area contributed by atoms with E-state index in [1.165, 1.54) is 74.5 Å². The molecule has 0 heterocycles. The number of rotatable bonds is 19. The second-order valence-electron chi connectivity index (χ2n) is 11.9. The summed E-state index contributed by atoms with van der Waals surface area (Å²) in [6, 6.07) is 0. The molecule has 0 saturated carbocycles. The van der Waals surface area contributed by atoms with E-state index in [9.17, 15) is 4.79 Å². The first-order chi connectivity index (χ1) is 19.3. The Morgan fingerprint density at radius 3 is 2.23 bits per heavy atom. The lowest BCUT2D eigenvalue weighted by Gasteiger charge is -2.32. The van der Waals surface area contributed by atoms with Crippen LogP contribution in [0.3, 0.4) is 0 Å². The van der Waals surface area contributed by atoms with E-state index in [-0.39, 0.29) is 11.4 Å². The van der Waals surface area contributed by atoms with Crippen LogP contribution in [0.15, 0.2) is 95.2 Å². The highest BCUT2D eigenvalue weighted by molar-refractivity contribution is 5.69. The molecule has 0 N–H and O–H groups in total. The topological polar surface area (TPSA) is 26.3 Å². The second kappa shape index (κ2) is 22.1. The van der Waals surface area contributed by atoms with E-state index in [0.717, 1.165) is 24.8 Å². The normalized spacial score (nSPS) is 17.1. The molecule has 1 aliphatic rings. The van der Waals surface area contributed by atoms with Crippen LogP contribution < -0.4 is 0 Å². The van der Waals surface area contributed by atoms with Crippen LogP contribution >= 0.6 is 0 Å². The predicted molar refractivity (Wildman–Crippen MR) is 176 cm³/mol. The monoisotopic (exact) mass is 546 g/mol. The Labute approximate surface area is 247 Å². The van der Waals surface area contributed by atoms with E-state index in [4.69, 9.17) is 4.74 Å². The number of hydrogen-bond acceptors (Lipinski definition) is 2. The molecule has 2 nitrogen and oxygen atoms in total. The van der Waals surface area contributed by atoms with Crippen molar-refractivity contribution in [2.45, 2.75) is 125 Å². The summed E-state index contributed by atoms with van der Waals surface area (Å²) in [4.78, 5) is 12.0. The first kappa shape index (κ1) is 35.4. The van der Waals surface area contributed by atoms with Gasteiger partial charge in [-0.15, -0.1) is 0 Å². The highest BCUT2D eigenvalue weighted by atomic mass is 16.5. The Morgan fingerprint density at radius 1 is 0.850 bits per heavy atom. The third kappa shape index (κ3) is 17.9. The van der Waals surface area contributed by atoms with Crippen LogP contribution in [0.2, 0.25) is 0 Å². The number of hydrogen-bond donors (Lipinski definition) is 0. The van der Waals surface area contributed by atoms with Crippen molar-refractivity contribution in [3.8, 4) is 0 Å². The summed E-state index contributed by atoms with van der Waals surface area (Å²) in [7, 11) is 0. The van der Waals surface area contributed by atoms with Crippen LogP contribution in [0.5, 0.6) is 0 Å². The van der Waals surface area contributed by atoms with Gasteiger partial charge in [0.15, 0.2) is 0 Å². The molecule has 0 atom stereocenters. The molecule has 1 rings (SSSR count). The average Bonchev–Trinajstić information content (AvgIpc) is 2.90. The third-order valence-electron chi connectivity index (χ3n) is 7.50. The SMILES string of the molecule is CCCC\C=C/C=C/C=C\CCCCCCCC(=O)OC/C=C(C)/C=C/C=C(C)\C=C\C1=C(C)CCCC1(C)C. The van der Waals surface area contributed by atoms with Crippen LogP contribution in [-0.4, -0.2) is 12.6 Å². The van der Waals surface area contributed by atoms with Crippen LogP contribution in [0.4, 0.5) is 0 Å². The van der Waals surface area contributed by atoms with Crippen LogP contribution in [0.25, 0.3) is 0 Å². The molecule has 0 spiro atoms. The molecule has 0 aromatic rings. The van der Waals surface area contributed by atoms with Crippen molar-refractivity contribution in [3.63, 3.8) is 0 Å². The van der Waals surface area contributed by atoms with Crippen molar-refractivity contribution in [1.29, 1.82) is 0 Å². The molecule has 40 heavy (non-hydrogen) atoms. The maximum Gasteiger partial charge on any atom is 0.306 e. The Hall–Kier alpha value is -2.61. The van der Waals surface area contributed by atoms with Gasteiger partial charge in [0.1, 0.15) is 6.61 Å². The van der Waals surface area contributed by atoms with Gasteiger partial charge in [-0.2, -0.15) is 0 Å². The fraction of sp³-hybridized carbons (Fsp3) is 0.553. The maximum atomic E-state index is 12.0. The molecular formula is C38H58O2. The van der Waals surface area contributed by atoms with Gasteiger partial charge in [0, 0.05) is 6.42 Å². The van der Waals surface area contributed by atoms with Crippen molar-refractivity contribution in [2.24, 2.45) is 5.41 Å². The summed E-state index contributed by atoms with van der Waals surface area (Å²) < 4.78 is 5.39. The number of esters is 1. The van der Waals surface area contributed by atoms with Gasteiger partial charge >= 0.3 is 5.97 Å². The number of allylic oxidation sites excluding steroid dienone is 15. The minimum atomic E-state index is -0.0948.